The second kappa shape index (κ2) is 7.99. The van der Waals surface area contributed by atoms with E-state index < -0.39 is 0 Å². The molecule has 6 heteroatoms. The number of carbonyl (C=O) groups is 2. The van der Waals surface area contributed by atoms with E-state index in [2.05, 4.69) is 10.3 Å². The van der Waals surface area contributed by atoms with Gasteiger partial charge in [-0.15, -0.1) is 0 Å². The SMILES string of the molecule is COc1cccc(CCNC(=O)c2cncc3c2CCN(C(C)=O)C3)c1. The molecule has 0 radical (unpaired) electrons. The Bertz CT molecular complexity index is 820. The van der Waals surface area contributed by atoms with Crippen molar-refractivity contribution in [2.24, 2.45) is 0 Å². The molecule has 0 spiro atoms. The summed E-state index contributed by atoms with van der Waals surface area (Å²) in [5, 5.41) is 2.97. The van der Waals surface area contributed by atoms with Crippen LogP contribution in [0.15, 0.2) is 36.7 Å². The lowest BCUT2D eigenvalue weighted by atomic mass is 9.96. The summed E-state index contributed by atoms with van der Waals surface area (Å²) in [6.45, 7) is 3.25. The number of fused-ring (bicyclic) bond motifs is 1. The quantitative estimate of drug-likeness (QED) is 0.892. The van der Waals surface area contributed by atoms with E-state index in [1.807, 2.05) is 24.3 Å². The molecule has 0 unspecified atom stereocenters. The lowest BCUT2D eigenvalue weighted by Crippen LogP contribution is -2.36. The topological polar surface area (TPSA) is 71.5 Å². The molecule has 1 aromatic carbocycles. The number of nitrogens with zero attached hydrogens (tertiary/aromatic N) is 2. The summed E-state index contributed by atoms with van der Waals surface area (Å²) in [6, 6.07) is 7.81. The minimum absolute atomic E-state index is 0.0452. The second-order valence-electron chi connectivity index (χ2n) is 6.37. The van der Waals surface area contributed by atoms with Gasteiger partial charge >= 0.3 is 0 Å². The highest BCUT2D eigenvalue weighted by Gasteiger charge is 2.23. The van der Waals surface area contributed by atoms with Gasteiger partial charge in [0.2, 0.25) is 5.91 Å². The van der Waals surface area contributed by atoms with Gasteiger partial charge in [0.25, 0.3) is 5.91 Å². The van der Waals surface area contributed by atoms with Crippen LogP contribution < -0.4 is 10.1 Å². The van der Waals surface area contributed by atoms with Gasteiger partial charge < -0.3 is 15.0 Å². The number of hydrogen-bond acceptors (Lipinski definition) is 4. The van der Waals surface area contributed by atoms with Crippen molar-refractivity contribution in [2.75, 3.05) is 20.2 Å². The molecule has 0 bridgehead atoms. The number of hydrogen-bond donors (Lipinski definition) is 1. The molecule has 0 saturated carbocycles. The van der Waals surface area contributed by atoms with E-state index in [1.54, 1.807) is 31.3 Å². The largest absolute Gasteiger partial charge is 0.497 e. The molecular formula is C20H23N3O3. The van der Waals surface area contributed by atoms with Crippen LogP contribution in [0.2, 0.25) is 0 Å². The van der Waals surface area contributed by atoms with E-state index in [-0.39, 0.29) is 11.8 Å². The lowest BCUT2D eigenvalue weighted by Gasteiger charge is -2.28. The van der Waals surface area contributed by atoms with Gasteiger partial charge in [0.1, 0.15) is 5.75 Å². The lowest BCUT2D eigenvalue weighted by molar-refractivity contribution is -0.129. The fourth-order valence-corrected chi connectivity index (χ4v) is 3.20. The minimum atomic E-state index is -0.117. The number of pyridine rings is 1. The van der Waals surface area contributed by atoms with Crippen LogP contribution in [0.4, 0.5) is 0 Å². The number of amides is 2. The Morgan fingerprint density at radius 3 is 2.92 bits per heavy atom. The van der Waals surface area contributed by atoms with Crippen molar-refractivity contribution >= 4 is 11.8 Å². The molecule has 0 saturated heterocycles. The van der Waals surface area contributed by atoms with Crippen LogP contribution in [0.25, 0.3) is 0 Å². The van der Waals surface area contributed by atoms with E-state index in [0.717, 1.165) is 28.9 Å². The van der Waals surface area contributed by atoms with Crippen molar-refractivity contribution < 1.29 is 14.3 Å². The minimum Gasteiger partial charge on any atom is -0.497 e. The first kappa shape index (κ1) is 17.9. The maximum atomic E-state index is 12.6. The molecule has 0 atom stereocenters. The molecule has 0 aliphatic carbocycles. The van der Waals surface area contributed by atoms with Gasteiger partial charge in [-0.2, -0.15) is 0 Å². The normalized spacial score (nSPS) is 13.1. The first-order chi connectivity index (χ1) is 12.6. The summed E-state index contributed by atoms with van der Waals surface area (Å²) in [6.07, 6.45) is 4.76. The highest BCUT2D eigenvalue weighted by molar-refractivity contribution is 5.95. The van der Waals surface area contributed by atoms with Crippen LogP contribution >= 0.6 is 0 Å². The first-order valence-electron chi connectivity index (χ1n) is 8.71. The van der Waals surface area contributed by atoms with Gasteiger partial charge in [-0.3, -0.25) is 14.6 Å². The zero-order chi connectivity index (χ0) is 18.5. The molecule has 2 aromatic rings. The Morgan fingerprint density at radius 1 is 1.31 bits per heavy atom. The van der Waals surface area contributed by atoms with Crippen molar-refractivity contribution in [3.8, 4) is 5.75 Å². The molecule has 2 heterocycles. The summed E-state index contributed by atoms with van der Waals surface area (Å²) in [5.41, 5.74) is 3.66. The van der Waals surface area contributed by atoms with Crippen LogP contribution in [0.1, 0.15) is 34.0 Å². The number of methoxy groups -OCH3 is 1. The van der Waals surface area contributed by atoms with Gasteiger partial charge in [0.05, 0.1) is 12.7 Å². The molecular weight excluding hydrogens is 330 g/mol. The molecule has 136 valence electrons. The third-order valence-corrected chi connectivity index (χ3v) is 4.66. The van der Waals surface area contributed by atoms with Crippen molar-refractivity contribution in [3.05, 3.63) is 58.9 Å². The number of rotatable bonds is 5. The molecule has 1 aromatic heterocycles. The summed E-state index contributed by atoms with van der Waals surface area (Å²) in [7, 11) is 1.64. The number of ether oxygens (including phenoxy) is 1. The predicted molar refractivity (Wildman–Crippen MR) is 98.1 cm³/mol. The monoisotopic (exact) mass is 353 g/mol. The Kier molecular flexibility index (Phi) is 5.51. The second-order valence-corrected chi connectivity index (χ2v) is 6.37. The van der Waals surface area contributed by atoms with Crippen LogP contribution in [0, 0.1) is 0 Å². The van der Waals surface area contributed by atoms with E-state index >= 15 is 0 Å². The molecule has 1 aliphatic rings. The van der Waals surface area contributed by atoms with Crippen molar-refractivity contribution in [2.45, 2.75) is 26.3 Å². The number of nitrogens with one attached hydrogen (secondary N) is 1. The molecule has 2 amide bonds. The van der Waals surface area contributed by atoms with E-state index in [4.69, 9.17) is 4.74 Å². The van der Waals surface area contributed by atoms with Gasteiger partial charge in [-0.1, -0.05) is 12.1 Å². The number of benzene rings is 1. The average molecular weight is 353 g/mol. The summed E-state index contributed by atoms with van der Waals surface area (Å²) in [5.74, 6) is 0.738. The van der Waals surface area contributed by atoms with E-state index in [9.17, 15) is 9.59 Å². The Balaban J connectivity index is 1.63. The molecule has 6 nitrogen and oxygen atoms in total. The highest BCUT2D eigenvalue weighted by atomic mass is 16.5. The smallest absolute Gasteiger partial charge is 0.253 e. The highest BCUT2D eigenvalue weighted by Crippen LogP contribution is 2.21. The number of aromatic nitrogens is 1. The molecule has 26 heavy (non-hydrogen) atoms. The molecule has 3 rings (SSSR count). The van der Waals surface area contributed by atoms with E-state index in [1.165, 1.54) is 0 Å². The Hall–Kier alpha value is -2.89. The molecule has 1 aliphatic heterocycles. The third kappa shape index (κ3) is 4.02. The van der Waals surface area contributed by atoms with Gasteiger partial charge in [-0.05, 0) is 41.7 Å². The first-order valence-corrected chi connectivity index (χ1v) is 8.71. The van der Waals surface area contributed by atoms with Crippen LogP contribution in [-0.2, 0) is 24.2 Å². The standard InChI is InChI=1S/C20H23N3O3/c1-14(24)23-9-7-18-16(13-23)11-21-12-19(18)20(25)22-8-6-15-4-3-5-17(10-15)26-2/h3-5,10-12H,6-9,13H2,1-2H3,(H,22,25). The summed E-state index contributed by atoms with van der Waals surface area (Å²) < 4.78 is 5.22. The van der Waals surface area contributed by atoms with Crippen molar-refractivity contribution in [3.63, 3.8) is 0 Å². The maximum Gasteiger partial charge on any atom is 0.253 e. The Morgan fingerprint density at radius 2 is 2.15 bits per heavy atom. The number of carbonyl (C=O) groups excluding carboxylic acids is 2. The fourth-order valence-electron chi connectivity index (χ4n) is 3.20. The zero-order valence-corrected chi connectivity index (χ0v) is 15.1. The predicted octanol–water partition coefficient (Wildman–Crippen LogP) is 1.97. The zero-order valence-electron chi connectivity index (χ0n) is 15.1. The fraction of sp³-hybridized carbons (Fsp3) is 0.350. The molecule has 1 N–H and O–H groups in total. The third-order valence-electron chi connectivity index (χ3n) is 4.66. The van der Waals surface area contributed by atoms with Gasteiger partial charge in [0.15, 0.2) is 0 Å². The molecule has 0 fully saturated rings. The maximum absolute atomic E-state index is 12.6. The summed E-state index contributed by atoms with van der Waals surface area (Å²) in [4.78, 5) is 30.1. The van der Waals surface area contributed by atoms with E-state index in [0.29, 0.717) is 31.6 Å². The van der Waals surface area contributed by atoms with Crippen LogP contribution in [0.3, 0.4) is 0 Å². The average Bonchev–Trinajstić information content (AvgIpc) is 2.67. The van der Waals surface area contributed by atoms with Gasteiger partial charge in [0, 0.05) is 39.0 Å². The van der Waals surface area contributed by atoms with Crippen LogP contribution in [0.5, 0.6) is 5.75 Å². The van der Waals surface area contributed by atoms with Crippen LogP contribution in [-0.4, -0.2) is 41.9 Å². The van der Waals surface area contributed by atoms with Gasteiger partial charge in [-0.25, -0.2) is 0 Å². The van der Waals surface area contributed by atoms with Crippen molar-refractivity contribution in [1.82, 2.24) is 15.2 Å². The summed E-state index contributed by atoms with van der Waals surface area (Å²) >= 11 is 0. The Labute approximate surface area is 153 Å². The van der Waals surface area contributed by atoms with Crippen molar-refractivity contribution in [1.29, 1.82) is 0 Å².